The fraction of sp³-hybridized carbons (Fsp3) is 0. The first-order valence-corrected chi connectivity index (χ1v) is 17.6. The highest BCUT2D eigenvalue weighted by atomic mass is 32.1. The molecule has 0 amide bonds. The molecule has 3 nitrogen and oxygen atoms in total. The predicted molar refractivity (Wildman–Crippen MR) is 211 cm³/mol. The van der Waals surface area contributed by atoms with E-state index in [-0.39, 0.29) is 0 Å². The smallest absolute Gasteiger partial charge is 0.160 e. The molecule has 0 saturated heterocycles. The summed E-state index contributed by atoms with van der Waals surface area (Å²) in [5.41, 5.74) is 10.8. The van der Waals surface area contributed by atoms with E-state index in [0.717, 1.165) is 33.8 Å². The van der Waals surface area contributed by atoms with Gasteiger partial charge in [0.2, 0.25) is 0 Å². The number of rotatable bonds is 5. The summed E-state index contributed by atoms with van der Waals surface area (Å²) >= 11 is 1.83. The zero-order valence-corrected chi connectivity index (χ0v) is 27.8. The molecule has 0 fully saturated rings. The van der Waals surface area contributed by atoms with E-state index < -0.39 is 0 Å². The van der Waals surface area contributed by atoms with Gasteiger partial charge >= 0.3 is 0 Å². The highest BCUT2D eigenvalue weighted by Crippen LogP contribution is 2.41. The number of fused-ring (bicyclic) bond motifs is 6. The molecular weight excluding hydrogens is 627 g/mol. The summed E-state index contributed by atoms with van der Waals surface area (Å²) in [6.45, 7) is 0. The summed E-state index contributed by atoms with van der Waals surface area (Å²) in [7, 11) is 0. The monoisotopic (exact) mass is 655 g/mol. The molecule has 10 aromatic rings. The molecule has 3 aromatic heterocycles. The van der Waals surface area contributed by atoms with Crippen LogP contribution < -0.4 is 0 Å². The third-order valence-corrected chi connectivity index (χ3v) is 10.9. The fourth-order valence-corrected chi connectivity index (χ4v) is 8.47. The molecule has 3 heterocycles. The van der Waals surface area contributed by atoms with Gasteiger partial charge in [0, 0.05) is 53.3 Å². The maximum absolute atomic E-state index is 5.27. The van der Waals surface area contributed by atoms with Gasteiger partial charge in [-0.05, 0) is 53.6 Å². The lowest BCUT2D eigenvalue weighted by atomic mass is 10.0. The van der Waals surface area contributed by atoms with Crippen LogP contribution in [-0.4, -0.2) is 14.5 Å². The van der Waals surface area contributed by atoms with Crippen LogP contribution in [0.5, 0.6) is 0 Å². The minimum absolute atomic E-state index is 0.710. The minimum atomic E-state index is 0.710. The zero-order valence-electron chi connectivity index (χ0n) is 27.0. The number of hydrogen-bond donors (Lipinski definition) is 0. The second kappa shape index (κ2) is 11.7. The SMILES string of the molecule is c1ccc(-c2ccc(-c3nc(-c4ccc5c(c4)c4ccccc4n5-c4ccccc4)cc(-c4cccc5c4sc4ccccc45)n3)cc2)cc1. The highest BCUT2D eigenvalue weighted by Gasteiger charge is 2.17. The van der Waals surface area contributed by atoms with Crippen molar-refractivity contribution in [1.29, 1.82) is 0 Å². The second-order valence-corrected chi connectivity index (χ2v) is 13.7. The maximum atomic E-state index is 5.27. The van der Waals surface area contributed by atoms with Gasteiger partial charge in [0.25, 0.3) is 0 Å². The Labute approximate surface area is 293 Å². The molecule has 0 unspecified atom stereocenters. The largest absolute Gasteiger partial charge is 0.309 e. The summed E-state index contributed by atoms with van der Waals surface area (Å²) in [4.78, 5) is 10.5. The molecule has 0 saturated carbocycles. The standard InChI is InChI=1S/C46H29N3S/c1-3-12-30(13-4-1)31-22-24-32(25-23-31)46-47-40(29-41(48-46)38-19-11-18-37-36-17-8-10-21-44(36)50-45(37)38)33-26-27-43-39(28-33)35-16-7-9-20-42(35)49(43)34-14-5-2-6-15-34/h1-29H. The number of nitrogens with zero attached hydrogens (tertiary/aromatic N) is 3. The Morgan fingerprint density at radius 2 is 1.02 bits per heavy atom. The third-order valence-electron chi connectivity index (χ3n) is 9.64. The number of aromatic nitrogens is 3. The van der Waals surface area contributed by atoms with E-state index in [9.17, 15) is 0 Å². The lowest BCUT2D eigenvalue weighted by Gasteiger charge is -2.11. The fourth-order valence-electron chi connectivity index (χ4n) is 7.24. The number of thiophene rings is 1. The van der Waals surface area contributed by atoms with Crippen LogP contribution in [0.15, 0.2) is 176 Å². The normalized spacial score (nSPS) is 11.6. The van der Waals surface area contributed by atoms with E-state index in [2.05, 4.69) is 174 Å². The van der Waals surface area contributed by atoms with Gasteiger partial charge in [0.15, 0.2) is 5.82 Å². The summed E-state index contributed by atoms with van der Waals surface area (Å²) in [6, 6.07) is 62.4. The molecule has 0 spiro atoms. The number of para-hydroxylation sites is 2. The van der Waals surface area contributed by atoms with Crippen LogP contribution in [0.1, 0.15) is 0 Å². The Hall–Kier alpha value is -6.36. The quantitative estimate of drug-likeness (QED) is 0.185. The molecule has 0 aliphatic rings. The maximum Gasteiger partial charge on any atom is 0.160 e. The molecule has 0 N–H and O–H groups in total. The molecule has 4 heteroatoms. The van der Waals surface area contributed by atoms with Crippen LogP contribution in [0, 0.1) is 0 Å². The van der Waals surface area contributed by atoms with Crippen molar-refractivity contribution in [1.82, 2.24) is 14.5 Å². The molecule has 50 heavy (non-hydrogen) atoms. The topological polar surface area (TPSA) is 30.7 Å². The summed E-state index contributed by atoms with van der Waals surface area (Å²) in [6.07, 6.45) is 0. The Balaban J connectivity index is 1.18. The van der Waals surface area contributed by atoms with E-state index in [1.165, 1.54) is 53.1 Å². The Bertz CT molecular complexity index is 2850. The molecule has 7 aromatic carbocycles. The summed E-state index contributed by atoms with van der Waals surface area (Å²) in [5, 5.41) is 4.95. The summed E-state index contributed by atoms with van der Waals surface area (Å²) < 4.78 is 4.87. The van der Waals surface area contributed by atoms with Gasteiger partial charge in [0.05, 0.1) is 22.4 Å². The van der Waals surface area contributed by atoms with Crippen molar-refractivity contribution in [3.63, 3.8) is 0 Å². The van der Waals surface area contributed by atoms with Crippen LogP contribution in [0.3, 0.4) is 0 Å². The molecule has 0 aliphatic heterocycles. The third kappa shape index (κ3) is 4.73. The average Bonchev–Trinajstić information content (AvgIpc) is 3.74. The minimum Gasteiger partial charge on any atom is -0.309 e. The van der Waals surface area contributed by atoms with E-state index in [4.69, 9.17) is 9.97 Å². The van der Waals surface area contributed by atoms with Crippen LogP contribution in [0.25, 0.3) is 92.7 Å². The van der Waals surface area contributed by atoms with Gasteiger partial charge in [-0.1, -0.05) is 133 Å². The van der Waals surface area contributed by atoms with Crippen LogP contribution in [0.4, 0.5) is 0 Å². The first kappa shape index (κ1) is 28.6. The number of hydrogen-bond acceptors (Lipinski definition) is 3. The second-order valence-electron chi connectivity index (χ2n) is 12.6. The van der Waals surface area contributed by atoms with Crippen molar-refractivity contribution >= 4 is 53.3 Å². The van der Waals surface area contributed by atoms with Gasteiger partial charge in [0.1, 0.15) is 0 Å². The Morgan fingerprint density at radius 1 is 0.400 bits per heavy atom. The lowest BCUT2D eigenvalue weighted by Crippen LogP contribution is -1.96. The van der Waals surface area contributed by atoms with Crippen molar-refractivity contribution in [2.75, 3.05) is 0 Å². The van der Waals surface area contributed by atoms with Gasteiger partial charge in [-0.3, -0.25) is 0 Å². The van der Waals surface area contributed by atoms with E-state index >= 15 is 0 Å². The Morgan fingerprint density at radius 3 is 1.86 bits per heavy atom. The van der Waals surface area contributed by atoms with Crippen molar-refractivity contribution in [3.05, 3.63) is 176 Å². The van der Waals surface area contributed by atoms with Crippen molar-refractivity contribution in [2.45, 2.75) is 0 Å². The van der Waals surface area contributed by atoms with Gasteiger partial charge in [-0.25, -0.2) is 9.97 Å². The molecular formula is C46H29N3S. The van der Waals surface area contributed by atoms with E-state index in [1.54, 1.807) is 0 Å². The molecule has 0 atom stereocenters. The first-order valence-electron chi connectivity index (χ1n) is 16.8. The molecule has 0 radical (unpaired) electrons. The van der Waals surface area contributed by atoms with Crippen LogP contribution in [0.2, 0.25) is 0 Å². The highest BCUT2D eigenvalue weighted by molar-refractivity contribution is 7.26. The predicted octanol–water partition coefficient (Wildman–Crippen LogP) is 12.6. The van der Waals surface area contributed by atoms with Gasteiger partial charge < -0.3 is 4.57 Å². The van der Waals surface area contributed by atoms with E-state index in [1.807, 2.05) is 17.4 Å². The molecule has 10 rings (SSSR count). The number of benzene rings is 7. The molecule has 0 bridgehead atoms. The van der Waals surface area contributed by atoms with Crippen molar-refractivity contribution < 1.29 is 0 Å². The molecule has 234 valence electrons. The zero-order chi connectivity index (χ0) is 33.0. The van der Waals surface area contributed by atoms with E-state index in [0.29, 0.717) is 5.82 Å². The van der Waals surface area contributed by atoms with Crippen molar-refractivity contribution in [3.8, 4) is 50.7 Å². The van der Waals surface area contributed by atoms with Crippen LogP contribution in [-0.2, 0) is 0 Å². The molecule has 0 aliphatic carbocycles. The lowest BCUT2D eigenvalue weighted by molar-refractivity contribution is 1.18. The van der Waals surface area contributed by atoms with Crippen LogP contribution >= 0.6 is 11.3 Å². The Kier molecular flexibility index (Phi) is 6.68. The van der Waals surface area contributed by atoms with Crippen molar-refractivity contribution in [2.24, 2.45) is 0 Å². The van der Waals surface area contributed by atoms with Gasteiger partial charge in [-0.2, -0.15) is 0 Å². The first-order chi connectivity index (χ1) is 24.8. The summed E-state index contributed by atoms with van der Waals surface area (Å²) in [5.74, 6) is 0.710. The average molecular weight is 656 g/mol. The van der Waals surface area contributed by atoms with Gasteiger partial charge in [-0.15, -0.1) is 11.3 Å².